The van der Waals surface area contributed by atoms with E-state index in [4.69, 9.17) is 9.84 Å². The Labute approximate surface area is 141 Å². The molecule has 0 aromatic heterocycles. The van der Waals surface area contributed by atoms with Gasteiger partial charge in [0.25, 0.3) is 0 Å². The molecule has 0 bridgehead atoms. The zero-order valence-corrected chi connectivity index (χ0v) is 14.9. The lowest BCUT2D eigenvalue weighted by Gasteiger charge is -2.30. The Kier molecular flexibility index (Phi) is 5.21. The Hall–Kier alpha value is -1.65. The van der Waals surface area contributed by atoms with E-state index in [2.05, 4.69) is 0 Å². The standard InChI is InChI=1S/C14H19NO7S2/c1-22-12-6-5-11(23(2,18)19)8-13(12)24(20,21)15-7-3-4-10(9-15)14(16)17/h5-6,8,10H,3-4,7,9H2,1-2H3,(H,16,17). The number of aliphatic carboxylic acids is 1. The van der Waals surface area contributed by atoms with Crippen molar-refractivity contribution >= 4 is 25.8 Å². The van der Waals surface area contributed by atoms with E-state index < -0.39 is 31.7 Å². The third-order valence-electron chi connectivity index (χ3n) is 3.91. The highest BCUT2D eigenvalue weighted by molar-refractivity contribution is 7.91. The molecule has 1 atom stereocenters. The number of carbonyl (C=O) groups is 1. The number of sulfonamides is 1. The average molecular weight is 377 g/mol. The van der Waals surface area contributed by atoms with Crippen LogP contribution in [0.1, 0.15) is 12.8 Å². The van der Waals surface area contributed by atoms with Gasteiger partial charge in [0.05, 0.1) is 17.9 Å². The Morgan fingerprint density at radius 1 is 1.29 bits per heavy atom. The third kappa shape index (κ3) is 3.70. The molecule has 0 spiro atoms. The van der Waals surface area contributed by atoms with Gasteiger partial charge in [-0.25, -0.2) is 16.8 Å². The topological polar surface area (TPSA) is 118 Å². The molecule has 0 radical (unpaired) electrons. The van der Waals surface area contributed by atoms with Crippen LogP contribution < -0.4 is 4.74 Å². The molecule has 1 aromatic rings. The van der Waals surface area contributed by atoms with Crippen molar-refractivity contribution in [1.29, 1.82) is 0 Å². The van der Waals surface area contributed by atoms with Gasteiger partial charge in [0, 0.05) is 19.3 Å². The molecule has 1 N–H and O–H groups in total. The van der Waals surface area contributed by atoms with Crippen LogP contribution in [-0.2, 0) is 24.7 Å². The second-order valence-corrected chi connectivity index (χ2v) is 9.55. The summed E-state index contributed by atoms with van der Waals surface area (Å²) in [6.07, 6.45) is 1.80. The molecule has 2 rings (SSSR count). The van der Waals surface area contributed by atoms with Crippen LogP contribution in [0.5, 0.6) is 5.75 Å². The summed E-state index contributed by atoms with van der Waals surface area (Å²) in [5.74, 6) is -1.82. The zero-order chi connectivity index (χ0) is 18.1. The number of carboxylic acids is 1. The van der Waals surface area contributed by atoms with E-state index in [1.54, 1.807) is 0 Å². The van der Waals surface area contributed by atoms with E-state index in [1.807, 2.05) is 0 Å². The quantitative estimate of drug-likeness (QED) is 0.797. The molecule has 1 aliphatic rings. The summed E-state index contributed by atoms with van der Waals surface area (Å²) in [5.41, 5.74) is 0. The largest absolute Gasteiger partial charge is 0.495 e. The van der Waals surface area contributed by atoms with Crippen molar-refractivity contribution in [1.82, 2.24) is 4.31 Å². The number of hydrogen-bond donors (Lipinski definition) is 1. The highest BCUT2D eigenvalue weighted by Gasteiger charge is 2.35. The van der Waals surface area contributed by atoms with Gasteiger partial charge in [-0.15, -0.1) is 0 Å². The summed E-state index contributed by atoms with van der Waals surface area (Å²) >= 11 is 0. The van der Waals surface area contributed by atoms with Crippen molar-refractivity contribution in [3.05, 3.63) is 18.2 Å². The molecule has 1 fully saturated rings. The Morgan fingerprint density at radius 2 is 1.96 bits per heavy atom. The summed E-state index contributed by atoms with van der Waals surface area (Å²) in [6, 6.07) is 3.60. The molecule has 1 heterocycles. The molecule has 1 unspecified atom stereocenters. The molecular formula is C14H19NO7S2. The number of hydrogen-bond acceptors (Lipinski definition) is 6. The zero-order valence-electron chi connectivity index (χ0n) is 13.3. The molecule has 0 saturated carbocycles. The SMILES string of the molecule is COc1ccc(S(C)(=O)=O)cc1S(=O)(=O)N1CCCC(C(=O)O)C1. The first-order valence-electron chi connectivity index (χ1n) is 7.18. The molecule has 8 nitrogen and oxygen atoms in total. The van der Waals surface area contributed by atoms with Gasteiger partial charge in [0.2, 0.25) is 10.0 Å². The predicted molar refractivity (Wildman–Crippen MR) is 85.2 cm³/mol. The molecule has 0 amide bonds. The van der Waals surface area contributed by atoms with Crippen LogP contribution in [-0.4, -0.2) is 58.7 Å². The van der Waals surface area contributed by atoms with Crippen molar-refractivity contribution < 1.29 is 31.5 Å². The number of nitrogens with zero attached hydrogens (tertiary/aromatic N) is 1. The van der Waals surface area contributed by atoms with Gasteiger partial charge in [0.15, 0.2) is 9.84 Å². The number of methoxy groups -OCH3 is 1. The summed E-state index contributed by atoms with van der Waals surface area (Å²) in [5, 5.41) is 9.12. The first kappa shape index (κ1) is 18.7. The number of benzene rings is 1. The van der Waals surface area contributed by atoms with E-state index in [1.165, 1.54) is 19.2 Å². The van der Waals surface area contributed by atoms with Crippen LogP contribution in [0.15, 0.2) is 28.0 Å². The van der Waals surface area contributed by atoms with Crippen molar-refractivity contribution in [2.45, 2.75) is 22.6 Å². The lowest BCUT2D eigenvalue weighted by Crippen LogP contribution is -2.42. The fraction of sp³-hybridized carbons (Fsp3) is 0.500. The third-order valence-corrected chi connectivity index (χ3v) is 6.91. The molecule has 1 aromatic carbocycles. The molecule has 134 valence electrons. The smallest absolute Gasteiger partial charge is 0.307 e. The number of sulfone groups is 1. The van der Waals surface area contributed by atoms with E-state index in [-0.39, 0.29) is 28.6 Å². The van der Waals surface area contributed by atoms with Gasteiger partial charge in [-0.2, -0.15) is 4.31 Å². The number of rotatable bonds is 5. The lowest BCUT2D eigenvalue weighted by molar-refractivity contribution is -0.142. The molecule has 1 aliphatic heterocycles. The Balaban J connectivity index is 2.50. The maximum absolute atomic E-state index is 12.9. The van der Waals surface area contributed by atoms with Crippen molar-refractivity contribution in [2.75, 3.05) is 26.5 Å². The minimum Gasteiger partial charge on any atom is -0.495 e. The van der Waals surface area contributed by atoms with Crippen molar-refractivity contribution in [3.63, 3.8) is 0 Å². The van der Waals surface area contributed by atoms with E-state index in [0.717, 1.165) is 16.6 Å². The summed E-state index contributed by atoms with van der Waals surface area (Å²) in [7, 11) is -6.39. The average Bonchev–Trinajstić information content (AvgIpc) is 2.53. The summed E-state index contributed by atoms with van der Waals surface area (Å²) < 4.78 is 55.3. The molecule has 10 heteroatoms. The van der Waals surface area contributed by atoms with Gasteiger partial charge in [-0.3, -0.25) is 4.79 Å². The van der Waals surface area contributed by atoms with Gasteiger partial charge in [-0.05, 0) is 31.0 Å². The normalized spacial score (nSPS) is 19.8. The van der Waals surface area contributed by atoms with Crippen LogP contribution >= 0.6 is 0 Å². The van der Waals surface area contributed by atoms with Gasteiger partial charge in [-0.1, -0.05) is 0 Å². The van der Waals surface area contributed by atoms with E-state index in [9.17, 15) is 21.6 Å². The van der Waals surface area contributed by atoms with E-state index >= 15 is 0 Å². The summed E-state index contributed by atoms with van der Waals surface area (Å²) in [4.78, 5) is 10.7. The summed E-state index contributed by atoms with van der Waals surface area (Å²) in [6.45, 7) is 0.0301. The van der Waals surface area contributed by atoms with Crippen molar-refractivity contribution in [2.24, 2.45) is 5.92 Å². The first-order chi connectivity index (χ1) is 11.1. The highest BCUT2D eigenvalue weighted by atomic mass is 32.2. The van der Waals surface area contributed by atoms with Crippen LogP contribution in [0, 0.1) is 5.92 Å². The fourth-order valence-corrected chi connectivity index (χ4v) is 5.02. The molecular weight excluding hydrogens is 358 g/mol. The van der Waals surface area contributed by atoms with Gasteiger partial charge in [0.1, 0.15) is 10.6 Å². The lowest BCUT2D eigenvalue weighted by atomic mass is 10.0. The monoisotopic (exact) mass is 377 g/mol. The fourth-order valence-electron chi connectivity index (χ4n) is 2.59. The maximum Gasteiger partial charge on any atom is 0.307 e. The number of carboxylic acid groups (broad SMARTS) is 1. The van der Waals surface area contributed by atoms with Gasteiger partial charge >= 0.3 is 5.97 Å². The maximum atomic E-state index is 12.9. The Morgan fingerprint density at radius 3 is 2.50 bits per heavy atom. The second-order valence-electron chi connectivity index (χ2n) is 5.63. The molecule has 0 aliphatic carbocycles. The molecule has 1 saturated heterocycles. The predicted octanol–water partition coefficient (Wildman–Crippen LogP) is 0.584. The minimum absolute atomic E-state index is 0.0137. The van der Waals surface area contributed by atoms with Crippen molar-refractivity contribution in [3.8, 4) is 5.75 Å². The van der Waals surface area contributed by atoms with Crippen LogP contribution in [0.25, 0.3) is 0 Å². The van der Waals surface area contributed by atoms with Crippen LogP contribution in [0.3, 0.4) is 0 Å². The van der Waals surface area contributed by atoms with E-state index in [0.29, 0.717) is 12.8 Å². The first-order valence-corrected chi connectivity index (χ1v) is 10.5. The number of piperidine rings is 1. The highest BCUT2D eigenvalue weighted by Crippen LogP contribution is 2.31. The van der Waals surface area contributed by atoms with Gasteiger partial charge < -0.3 is 9.84 Å². The minimum atomic E-state index is -4.07. The number of ether oxygens (including phenoxy) is 1. The van der Waals surface area contributed by atoms with Crippen LogP contribution in [0.2, 0.25) is 0 Å². The second kappa shape index (κ2) is 6.69. The van der Waals surface area contributed by atoms with Crippen LogP contribution in [0.4, 0.5) is 0 Å². The molecule has 24 heavy (non-hydrogen) atoms. The Bertz CT molecular complexity index is 846.